The van der Waals surface area contributed by atoms with Gasteiger partial charge >= 0.3 is 6.09 Å². The van der Waals surface area contributed by atoms with Crippen molar-refractivity contribution >= 4 is 23.5 Å². The van der Waals surface area contributed by atoms with Crippen molar-refractivity contribution in [2.75, 3.05) is 19.6 Å². The molecule has 176 valence electrons. The van der Waals surface area contributed by atoms with Crippen molar-refractivity contribution in [2.24, 2.45) is 0 Å². The highest BCUT2D eigenvalue weighted by atomic mass is 35.5. The molecule has 1 aromatic heterocycles. The number of Topliss-reactive ketones (excluding diaryl/α,β-unsaturated/α-hetero) is 1. The number of hydrogen-bond acceptors (Lipinski definition) is 5. The van der Waals surface area contributed by atoms with E-state index in [1.807, 2.05) is 18.2 Å². The minimum absolute atomic E-state index is 0.109. The fourth-order valence-corrected chi connectivity index (χ4v) is 4.90. The van der Waals surface area contributed by atoms with Crippen LogP contribution in [0, 0.1) is 5.82 Å². The summed E-state index contributed by atoms with van der Waals surface area (Å²) >= 11 is 6.28. The van der Waals surface area contributed by atoms with E-state index in [4.69, 9.17) is 16.3 Å². The standard InChI is InChI=1S/C25H29ClFN3O3/c1-15(31)21-14-29(9-10-30(21)24(32)33-25(2,3)4)23-20-8-7-18(26)11-16(20)5-6-17-12-19(27)13-28-22(17)23/h7-8,11-13,21,23H,5-6,9-10,14H2,1-4H3/t21-,23?/m1/s1. The zero-order chi connectivity index (χ0) is 23.9. The first-order valence-corrected chi connectivity index (χ1v) is 11.6. The lowest BCUT2D eigenvalue weighted by atomic mass is 9.95. The third-order valence-corrected chi connectivity index (χ3v) is 6.40. The van der Waals surface area contributed by atoms with Gasteiger partial charge in [-0.3, -0.25) is 19.6 Å². The maximum absolute atomic E-state index is 14.0. The van der Waals surface area contributed by atoms with Crippen LogP contribution in [0.5, 0.6) is 0 Å². The minimum Gasteiger partial charge on any atom is -0.444 e. The zero-order valence-corrected chi connectivity index (χ0v) is 20.2. The average molecular weight is 474 g/mol. The summed E-state index contributed by atoms with van der Waals surface area (Å²) in [5.74, 6) is -0.476. The van der Waals surface area contributed by atoms with Gasteiger partial charge in [0.15, 0.2) is 5.78 Å². The molecule has 1 aromatic carbocycles. The van der Waals surface area contributed by atoms with Crippen LogP contribution in [-0.2, 0) is 22.4 Å². The monoisotopic (exact) mass is 473 g/mol. The SMILES string of the molecule is CC(=O)[C@H]1CN(C2c3ccc(Cl)cc3CCc3cc(F)cnc32)CCN1C(=O)OC(C)(C)C. The number of pyridine rings is 1. The Morgan fingerprint density at radius 3 is 2.58 bits per heavy atom. The summed E-state index contributed by atoms with van der Waals surface area (Å²) in [5.41, 5.74) is 3.11. The lowest BCUT2D eigenvalue weighted by Gasteiger charge is -2.43. The molecule has 2 aliphatic rings. The van der Waals surface area contributed by atoms with Gasteiger partial charge in [-0.05, 0) is 75.4 Å². The molecule has 1 fully saturated rings. The van der Waals surface area contributed by atoms with Crippen LogP contribution < -0.4 is 0 Å². The van der Waals surface area contributed by atoms with Crippen molar-refractivity contribution in [2.45, 2.75) is 58.2 Å². The molecule has 2 atom stereocenters. The molecule has 1 unspecified atom stereocenters. The molecule has 0 spiro atoms. The maximum Gasteiger partial charge on any atom is 0.410 e. The van der Waals surface area contributed by atoms with E-state index in [2.05, 4.69) is 9.88 Å². The van der Waals surface area contributed by atoms with Gasteiger partial charge in [-0.2, -0.15) is 0 Å². The molecule has 0 N–H and O–H groups in total. The average Bonchev–Trinajstić information content (AvgIpc) is 2.88. The van der Waals surface area contributed by atoms with Crippen LogP contribution in [0.3, 0.4) is 0 Å². The van der Waals surface area contributed by atoms with Gasteiger partial charge in [-0.25, -0.2) is 9.18 Å². The number of hydrogen-bond donors (Lipinski definition) is 0. The minimum atomic E-state index is -0.651. The number of rotatable bonds is 2. The van der Waals surface area contributed by atoms with E-state index < -0.39 is 17.7 Å². The normalized spacial score (nSPS) is 21.1. The summed E-state index contributed by atoms with van der Waals surface area (Å²) in [6, 6.07) is 6.43. The summed E-state index contributed by atoms with van der Waals surface area (Å²) in [5, 5.41) is 0.647. The third-order valence-electron chi connectivity index (χ3n) is 6.16. The molecule has 0 bridgehead atoms. The fraction of sp³-hybridized carbons (Fsp3) is 0.480. The summed E-state index contributed by atoms with van der Waals surface area (Å²) in [6.07, 6.45) is 2.12. The Bertz CT molecular complexity index is 1030. The first-order valence-electron chi connectivity index (χ1n) is 11.2. The summed E-state index contributed by atoms with van der Waals surface area (Å²) in [4.78, 5) is 33.6. The molecule has 1 amide bonds. The van der Waals surface area contributed by atoms with Gasteiger partial charge in [0.25, 0.3) is 0 Å². The first kappa shape index (κ1) is 23.6. The predicted molar refractivity (Wildman–Crippen MR) is 124 cm³/mol. The lowest BCUT2D eigenvalue weighted by Crippen LogP contribution is -2.59. The predicted octanol–water partition coefficient (Wildman–Crippen LogP) is 4.57. The number of nitrogens with zero attached hydrogens (tertiary/aromatic N) is 3. The summed E-state index contributed by atoms with van der Waals surface area (Å²) < 4.78 is 19.6. The van der Waals surface area contributed by atoms with E-state index in [0.717, 1.165) is 28.8 Å². The number of amides is 1. The van der Waals surface area contributed by atoms with Crippen molar-refractivity contribution in [1.29, 1.82) is 0 Å². The number of piperazine rings is 1. The van der Waals surface area contributed by atoms with Gasteiger partial charge in [0, 0.05) is 24.7 Å². The van der Waals surface area contributed by atoms with Crippen LogP contribution in [0.25, 0.3) is 0 Å². The Kier molecular flexibility index (Phi) is 6.47. The van der Waals surface area contributed by atoms with Crippen LogP contribution in [0.4, 0.5) is 9.18 Å². The number of ether oxygens (including phenoxy) is 1. The Balaban J connectivity index is 1.71. The van der Waals surface area contributed by atoms with Gasteiger partial charge < -0.3 is 4.74 Å². The zero-order valence-electron chi connectivity index (χ0n) is 19.4. The van der Waals surface area contributed by atoms with Gasteiger partial charge in [0.1, 0.15) is 17.5 Å². The van der Waals surface area contributed by atoms with E-state index >= 15 is 0 Å². The molecule has 1 saturated heterocycles. The second-order valence-corrected chi connectivity index (χ2v) is 10.2. The van der Waals surface area contributed by atoms with Crippen molar-refractivity contribution in [3.63, 3.8) is 0 Å². The molecular weight excluding hydrogens is 445 g/mol. The molecular formula is C25H29ClFN3O3. The highest BCUT2D eigenvalue weighted by Gasteiger charge is 2.40. The molecule has 2 heterocycles. The fourth-order valence-electron chi connectivity index (χ4n) is 4.71. The second-order valence-electron chi connectivity index (χ2n) is 9.74. The number of benzene rings is 1. The van der Waals surface area contributed by atoms with Crippen molar-refractivity contribution in [3.8, 4) is 0 Å². The Labute approximate surface area is 198 Å². The third kappa shape index (κ3) is 5.04. The number of aromatic nitrogens is 1. The van der Waals surface area contributed by atoms with E-state index in [1.54, 1.807) is 26.8 Å². The molecule has 8 heteroatoms. The molecule has 1 aliphatic heterocycles. The van der Waals surface area contributed by atoms with Gasteiger partial charge in [-0.15, -0.1) is 0 Å². The number of ketones is 1. The van der Waals surface area contributed by atoms with E-state index in [-0.39, 0.29) is 17.6 Å². The van der Waals surface area contributed by atoms with E-state index in [9.17, 15) is 14.0 Å². The van der Waals surface area contributed by atoms with E-state index in [1.165, 1.54) is 18.0 Å². The maximum atomic E-state index is 14.0. The Morgan fingerprint density at radius 2 is 1.88 bits per heavy atom. The van der Waals surface area contributed by atoms with Gasteiger partial charge in [0.2, 0.25) is 0 Å². The molecule has 2 aromatic rings. The van der Waals surface area contributed by atoms with Crippen LogP contribution in [0.1, 0.15) is 56.1 Å². The molecule has 0 radical (unpaired) electrons. The largest absolute Gasteiger partial charge is 0.444 e. The Hall–Kier alpha value is -2.51. The van der Waals surface area contributed by atoms with Crippen molar-refractivity contribution in [3.05, 3.63) is 63.7 Å². The van der Waals surface area contributed by atoms with Crippen LogP contribution in [0.15, 0.2) is 30.5 Å². The number of halogens is 2. The first-order chi connectivity index (χ1) is 15.5. The van der Waals surface area contributed by atoms with Crippen LogP contribution in [-0.4, -0.2) is 57.9 Å². The number of carbonyl (C=O) groups excluding carboxylic acids is 2. The highest BCUT2D eigenvalue weighted by molar-refractivity contribution is 6.30. The molecule has 0 saturated carbocycles. The van der Waals surface area contributed by atoms with E-state index in [0.29, 0.717) is 31.1 Å². The molecule has 6 nitrogen and oxygen atoms in total. The Morgan fingerprint density at radius 1 is 1.15 bits per heavy atom. The topological polar surface area (TPSA) is 62.7 Å². The second kappa shape index (κ2) is 9.03. The smallest absolute Gasteiger partial charge is 0.410 e. The quantitative estimate of drug-likeness (QED) is 0.639. The van der Waals surface area contributed by atoms with Crippen LogP contribution in [0.2, 0.25) is 5.02 Å². The molecule has 33 heavy (non-hydrogen) atoms. The number of aryl methyl sites for hydroxylation is 2. The van der Waals surface area contributed by atoms with Crippen LogP contribution >= 0.6 is 11.6 Å². The van der Waals surface area contributed by atoms with Crippen molar-refractivity contribution in [1.82, 2.24) is 14.8 Å². The highest BCUT2D eigenvalue weighted by Crippen LogP contribution is 2.38. The number of fused-ring (bicyclic) bond motifs is 2. The molecule has 4 rings (SSSR count). The van der Waals surface area contributed by atoms with Gasteiger partial charge in [0.05, 0.1) is 17.9 Å². The van der Waals surface area contributed by atoms with Gasteiger partial charge in [-0.1, -0.05) is 17.7 Å². The summed E-state index contributed by atoms with van der Waals surface area (Å²) in [7, 11) is 0. The summed E-state index contributed by atoms with van der Waals surface area (Å²) in [6.45, 7) is 8.11. The number of carbonyl (C=O) groups is 2. The molecule has 1 aliphatic carbocycles. The van der Waals surface area contributed by atoms with Crippen molar-refractivity contribution < 1.29 is 18.7 Å². The lowest BCUT2D eigenvalue weighted by molar-refractivity contribution is -0.124.